The zero-order valence-corrected chi connectivity index (χ0v) is 19.9. The van der Waals surface area contributed by atoms with Crippen LogP contribution < -0.4 is 10.6 Å². The Hall–Kier alpha value is -3.81. The zero-order valence-electron chi connectivity index (χ0n) is 19.9. The molecular weight excluding hydrogens is 445 g/mol. The molecule has 0 radical (unpaired) electrons. The smallest absolute Gasteiger partial charge is 0.352 e. The van der Waals surface area contributed by atoms with Crippen molar-refractivity contribution in [3.63, 3.8) is 0 Å². The van der Waals surface area contributed by atoms with Crippen LogP contribution in [0.5, 0.6) is 0 Å². The van der Waals surface area contributed by atoms with Crippen LogP contribution >= 0.6 is 0 Å². The van der Waals surface area contributed by atoms with Crippen LogP contribution in [0.4, 0.5) is 30.8 Å². The highest BCUT2D eigenvalue weighted by Crippen LogP contribution is 2.29. The van der Waals surface area contributed by atoms with Gasteiger partial charge in [0.1, 0.15) is 11.4 Å². The number of nitriles is 1. The maximum Gasteiger partial charge on any atom is 0.433 e. The summed E-state index contributed by atoms with van der Waals surface area (Å²) in [6, 6.07) is 9.03. The molecular formula is C23H27F3N8. The molecule has 0 aliphatic heterocycles. The number of hydrogen-bond donors (Lipinski definition) is 2. The van der Waals surface area contributed by atoms with Crippen molar-refractivity contribution in [1.29, 1.82) is 5.26 Å². The SMILES string of the molecule is CC.CC(C)Nc1nc(Nc2ccnc(C(C)(C)C#N)c2)nc(-c2cccc(C(F)(F)F)n2)n1. The lowest BCUT2D eigenvalue weighted by Crippen LogP contribution is -2.16. The summed E-state index contributed by atoms with van der Waals surface area (Å²) in [7, 11) is 0. The van der Waals surface area contributed by atoms with Gasteiger partial charge < -0.3 is 10.6 Å². The molecule has 2 N–H and O–H groups in total. The number of rotatable bonds is 6. The molecule has 0 fully saturated rings. The third-order valence-corrected chi connectivity index (χ3v) is 4.26. The standard InChI is InChI=1S/C21H21F3N8.C2H6/c1-12(2)27-18-30-17(14-6-5-7-15(29-14)21(22,23)24)31-19(32-18)28-13-8-9-26-16(10-13)20(3,4)11-25;1-2/h5-10,12H,1-4H3,(H2,26,27,28,30,31,32);1-2H3. The molecule has 34 heavy (non-hydrogen) atoms. The van der Waals surface area contributed by atoms with Gasteiger partial charge in [-0.25, -0.2) is 4.98 Å². The van der Waals surface area contributed by atoms with Gasteiger partial charge in [0.15, 0.2) is 5.82 Å². The third kappa shape index (κ3) is 6.84. The first-order valence-corrected chi connectivity index (χ1v) is 10.7. The monoisotopic (exact) mass is 472 g/mol. The van der Waals surface area contributed by atoms with E-state index in [1.165, 1.54) is 12.1 Å². The van der Waals surface area contributed by atoms with Crippen LogP contribution in [0.1, 0.15) is 52.9 Å². The number of nitrogens with one attached hydrogen (secondary N) is 2. The van der Waals surface area contributed by atoms with Crippen LogP contribution in [0.15, 0.2) is 36.5 Å². The Morgan fingerprint density at radius 1 is 0.941 bits per heavy atom. The predicted molar refractivity (Wildman–Crippen MR) is 124 cm³/mol. The second kappa shape index (κ2) is 10.9. The molecule has 0 saturated heterocycles. The first-order chi connectivity index (χ1) is 16.0. The predicted octanol–water partition coefficient (Wildman–Crippen LogP) is 5.74. The van der Waals surface area contributed by atoms with Gasteiger partial charge in [-0.3, -0.25) is 4.98 Å². The Kier molecular flexibility index (Phi) is 8.46. The number of pyridine rings is 2. The lowest BCUT2D eigenvalue weighted by atomic mass is 9.91. The van der Waals surface area contributed by atoms with Gasteiger partial charge in [-0.15, -0.1) is 0 Å². The van der Waals surface area contributed by atoms with Gasteiger partial charge in [0.05, 0.1) is 17.2 Å². The highest BCUT2D eigenvalue weighted by Gasteiger charge is 2.32. The van der Waals surface area contributed by atoms with Crippen molar-refractivity contribution in [3.05, 3.63) is 47.9 Å². The molecule has 0 aliphatic carbocycles. The molecule has 11 heteroatoms. The van der Waals surface area contributed by atoms with E-state index in [2.05, 4.69) is 41.6 Å². The van der Waals surface area contributed by atoms with E-state index >= 15 is 0 Å². The second-order valence-electron chi connectivity index (χ2n) is 7.80. The van der Waals surface area contributed by atoms with Crippen molar-refractivity contribution in [2.24, 2.45) is 0 Å². The molecule has 0 aromatic carbocycles. The summed E-state index contributed by atoms with van der Waals surface area (Å²) in [6.45, 7) is 11.2. The van der Waals surface area contributed by atoms with Gasteiger partial charge >= 0.3 is 6.18 Å². The second-order valence-corrected chi connectivity index (χ2v) is 7.80. The Labute approximate surface area is 196 Å². The van der Waals surface area contributed by atoms with Crippen LogP contribution in [-0.2, 0) is 11.6 Å². The van der Waals surface area contributed by atoms with E-state index in [4.69, 9.17) is 0 Å². The maximum absolute atomic E-state index is 13.1. The average Bonchev–Trinajstić information content (AvgIpc) is 2.79. The quantitative estimate of drug-likeness (QED) is 0.467. The number of aromatic nitrogens is 5. The molecule has 0 bridgehead atoms. The van der Waals surface area contributed by atoms with Crippen LogP contribution in [0.25, 0.3) is 11.5 Å². The summed E-state index contributed by atoms with van der Waals surface area (Å²) in [4.78, 5) is 20.7. The summed E-state index contributed by atoms with van der Waals surface area (Å²) in [5, 5.41) is 15.4. The van der Waals surface area contributed by atoms with Gasteiger partial charge in [-0.05, 0) is 52.0 Å². The zero-order chi connectivity index (χ0) is 25.5. The van der Waals surface area contributed by atoms with E-state index in [0.717, 1.165) is 6.07 Å². The molecule has 0 atom stereocenters. The summed E-state index contributed by atoms with van der Waals surface area (Å²) < 4.78 is 39.3. The Morgan fingerprint density at radius 2 is 1.62 bits per heavy atom. The number of anilines is 3. The highest BCUT2D eigenvalue weighted by atomic mass is 19.4. The van der Waals surface area contributed by atoms with Crippen molar-refractivity contribution >= 4 is 17.6 Å². The Morgan fingerprint density at radius 3 is 2.24 bits per heavy atom. The fourth-order valence-corrected chi connectivity index (χ4v) is 2.62. The van der Waals surface area contributed by atoms with Gasteiger partial charge in [0, 0.05) is 17.9 Å². The molecule has 3 rings (SSSR count). The number of hydrogen-bond acceptors (Lipinski definition) is 8. The van der Waals surface area contributed by atoms with Crippen LogP contribution in [0.2, 0.25) is 0 Å². The van der Waals surface area contributed by atoms with E-state index < -0.39 is 17.3 Å². The fourth-order valence-electron chi connectivity index (χ4n) is 2.62. The van der Waals surface area contributed by atoms with Crippen molar-refractivity contribution in [3.8, 4) is 17.6 Å². The minimum Gasteiger partial charge on any atom is -0.352 e. The molecule has 3 aromatic heterocycles. The van der Waals surface area contributed by atoms with Crippen LogP contribution in [0, 0.1) is 11.3 Å². The average molecular weight is 473 g/mol. The van der Waals surface area contributed by atoms with E-state index in [1.807, 2.05) is 27.7 Å². The Bertz CT molecular complexity index is 1150. The lowest BCUT2D eigenvalue weighted by molar-refractivity contribution is -0.141. The number of halogens is 3. The Balaban J connectivity index is 0.00000199. The molecule has 0 spiro atoms. The van der Waals surface area contributed by atoms with E-state index in [-0.39, 0.29) is 29.5 Å². The van der Waals surface area contributed by atoms with E-state index in [0.29, 0.717) is 11.4 Å². The number of nitrogens with zero attached hydrogens (tertiary/aromatic N) is 6. The summed E-state index contributed by atoms with van der Waals surface area (Å²) in [6.07, 6.45) is -3.05. The van der Waals surface area contributed by atoms with Crippen LogP contribution in [0.3, 0.4) is 0 Å². The first kappa shape index (κ1) is 26.4. The van der Waals surface area contributed by atoms with Crippen LogP contribution in [-0.4, -0.2) is 31.0 Å². The normalized spacial score (nSPS) is 11.3. The molecule has 8 nitrogen and oxygen atoms in total. The van der Waals surface area contributed by atoms with Crippen molar-refractivity contribution in [2.45, 2.75) is 59.2 Å². The summed E-state index contributed by atoms with van der Waals surface area (Å²) in [5.74, 6) is 0.256. The first-order valence-electron chi connectivity index (χ1n) is 10.7. The molecule has 0 saturated carbocycles. The third-order valence-electron chi connectivity index (χ3n) is 4.26. The minimum absolute atomic E-state index is 0.0246. The van der Waals surface area contributed by atoms with Crippen molar-refractivity contribution < 1.29 is 13.2 Å². The molecule has 0 amide bonds. The molecule has 0 aliphatic rings. The molecule has 0 unspecified atom stereocenters. The number of alkyl halides is 3. The van der Waals surface area contributed by atoms with Gasteiger partial charge in [-0.1, -0.05) is 19.9 Å². The highest BCUT2D eigenvalue weighted by molar-refractivity contribution is 5.59. The van der Waals surface area contributed by atoms with E-state index in [9.17, 15) is 18.4 Å². The minimum atomic E-state index is -4.59. The van der Waals surface area contributed by atoms with Crippen molar-refractivity contribution in [1.82, 2.24) is 24.9 Å². The molecule has 3 heterocycles. The molecule has 180 valence electrons. The van der Waals surface area contributed by atoms with E-state index in [1.54, 1.807) is 32.2 Å². The largest absolute Gasteiger partial charge is 0.433 e. The van der Waals surface area contributed by atoms with Gasteiger partial charge in [0.2, 0.25) is 11.9 Å². The summed E-state index contributed by atoms with van der Waals surface area (Å²) in [5.41, 5.74) is -0.796. The topological polar surface area (TPSA) is 112 Å². The lowest BCUT2D eigenvalue weighted by Gasteiger charge is -2.16. The fraction of sp³-hybridized carbons (Fsp3) is 0.391. The summed E-state index contributed by atoms with van der Waals surface area (Å²) >= 11 is 0. The molecule has 3 aromatic rings. The van der Waals surface area contributed by atoms with Gasteiger partial charge in [0.25, 0.3) is 0 Å². The maximum atomic E-state index is 13.1. The van der Waals surface area contributed by atoms with Gasteiger partial charge in [-0.2, -0.15) is 33.4 Å². The van der Waals surface area contributed by atoms with Crippen molar-refractivity contribution in [2.75, 3.05) is 10.6 Å².